The molecule has 0 atom stereocenters. The van der Waals surface area contributed by atoms with Crippen LogP contribution in [-0.2, 0) is 6.18 Å². The van der Waals surface area contributed by atoms with Crippen molar-refractivity contribution in [1.82, 2.24) is 0 Å². The molecule has 1 aliphatic carbocycles. The van der Waals surface area contributed by atoms with Crippen LogP contribution in [0.4, 0.5) is 24.5 Å². The van der Waals surface area contributed by atoms with Crippen molar-refractivity contribution in [1.29, 1.82) is 0 Å². The van der Waals surface area contributed by atoms with E-state index in [-0.39, 0.29) is 11.7 Å². The Kier molecular flexibility index (Phi) is 3.38. The van der Waals surface area contributed by atoms with Crippen LogP contribution in [0.3, 0.4) is 0 Å². The highest BCUT2D eigenvalue weighted by Crippen LogP contribution is 2.39. The van der Waals surface area contributed by atoms with Gasteiger partial charge in [0.25, 0.3) is 5.69 Å². The number of benzene rings is 1. The van der Waals surface area contributed by atoms with E-state index in [1.807, 2.05) is 6.92 Å². The minimum absolute atomic E-state index is 0.0116. The number of alkyl halides is 3. The molecule has 0 spiro atoms. The zero-order chi connectivity index (χ0) is 14.2. The van der Waals surface area contributed by atoms with Crippen LogP contribution in [0.2, 0.25) is 0 Å². The van der Waals surface area contributed by atoms with Gasteiger partial charge in [-0.2, -0.15) is 13.2 Å². The SMILES string of the molecule is CC1CC(Nc2ccc([N+](=O)[O-])cc2C(F)(F)F)C1. The number of hydrogen-bond acceptors (Lipinski definition) is 3. The average Bonchev–Trinajstić information content (AvgIpc) is 2.25. The summed E-state index contributed by atoms with van der Waals surface area (Å²) < 4.78 is 38.6. The number of rotatable bonds is 3. The van der Waals surface area contributed by atoms with Crippen molar-refractivity contribution >= 4 is 11.4 Å². The summed E-state index contributed by atoms with van der Waals surface area (Å²) in [5, 5.41) is 13.3. The van der Waals surface area contributed by atoms with Crippen LogP contribution < -0.4 is 5.32 Å². The molecule has 1 aromatic carbocycles. The highest BCUT2D eigenvalue weighted by atomic mass is 19.4. The normalized spacial score (nSPS) is 22.7. The minimum atomic E-state index is -4.61. The first-order valence-corrected chi connectivity index (χ1v) is 5.89. The molecule has 4 nitrogen and oxygen atoms in total. The number of anilines is 1. The first-order valence-electron chi connectivity index (χ1n) is 5.89. The van der Waals surface area contributed by atoms with Crippen LogP contribution in [0.1, 0.15) is 25.3 Å². The molecule has 1 fully saturated rings. The quantitative estimate of drug-likeness (QED) is 0.673. The van der Waals surface area contributed by atoms with Gasteiger partial charge in [-0.05, 0) is 24.8 Å². The molecule has 1 aliphatic rings. The third kappa shape index (κ3) is 2.97. The monoisotopic (exact) mass is 274 g/mol. The molecule has 1 aromatic rings. The smallest absolute Gasteiger partial charge is 0.382 e. The lowest BCUT2D eigenvalue weighted by molar-refractivity contribution is -0.385. The van der Waals surface area contributed by atoms with Crippen molar-refractivity contribution in [2.75, 3.05) is 5.32 Å². The number of hydrogen-bond donors (Lipinski definition) is 1. The summed E-state index contributed by atoms with van der Waals surface area (Å²) in [4.78, 5) is 9.71. The van der Waals surface area contributed by atoms with Crippen LogP contribution in [0.15, 0.2) is 18.2 Å². The molecule has 1 N–H and O–H groups in total. The molecule has 0 aromatic heterocycles. The first kappa shape index (κ1) is 13.6. The van der Waals surface area contributed by atoms with E-state index in [4.69, 9.17) is 0 Å². The number of nitrogens with zero attached hydrogens (tertiary/aromatic N) is 1. The summed E-state index contributed by atoms with van der Waals surface area (Å²) >= 11 is 0. The van der Waals surface area contributed by atoms with Crippen LogP contribution in [0.5, 0.6) is 0 Å². The summed E-state index contributed by atoms with van der Waals surface area (Å²) in [5.74, 6) is 0.505. The number of halogens is 3. The second-order valence-electron chi connectivity index (χ2n) is 4.90. The Bertz CT molecular complexity index is 496. The topological polar surface area (TPSA) is 55.2 Å². The van der Waals surface area contributed by atoms with E-state index in [9.17, 15) is 23.3 Å². The Balaban J connectivity index is 2.29. The Morgan fingerprint density at radius 2 is 2.00 bits per heavy atom. The van der Waals surface area contributed by atoms with Crippen LogP contribution >= 0.6 is 0 Å². The van der Waals surface area contributed by atoms with Gasteiger partial charge in [0.15, 0.2) is 0 Å². The van der Waals surface area contributed by atoms with Gasteiger partial charge >= 0.3 is 6.18 Å². The van der Waals surface area contributed by atoms with E-state index in [2.05, 4.69) is 5.32 Å². The molecule has 19 heavy (non-hydrogen) atoms. The van der Waals surface area contributed by atoms with Crippen molar-refractivity contribution in [2.45, 2.75) is 32.0 Å². The Morgan fingerprint density at radius 1 is 1.37 bits per heavy atom. The maximum Gasteiger partial charge on any atom is 0.418 e. The summed E-state index contributed by atoms with van der Waals surface area (Å²) in [6.45, 7) is 2.03. The van der Waals surface area contributed by atoms with E-state index < -0.39 is 22.4 Å². The lowest BCUT2D eigenvalue weighted by atomic mass is 9.81. The highest BCUT2D eigenvalue weighted by Gasteiger charge is 2.36. The molecule has 0 bridgehead atoms. The molecular formula is C12H13F3N2O2. The molecule has 1 saturated carbocycles. The summed E-state index contributed by atoms with van der Waals surface area (Å²) in [5.41, 5.74) is -1.63. The van der Waals surface area contributed by atoms with Gasteiger partial charge in [0.05, 0.1) is 10.5 Å². The van der Waals surface area contributed by atoms with Gasteiger partial charge in [-0.25, -0.2) is 0 Å². The molecule has 0 unspecified atom stereocenters. The number of nitro groups is 1. The fourth-order valence-electron chi connectivity index (χ4n) is 2.25. The van der Waals surface area contributed by atoms with Crippen molar-refractivity contribution in [3.8, 4) is 0 Å². The standard InChI is InChI=1S/C12H13F3N2O2/c1-7-4-8(5-7)16-11-3-2-9(17(18)19)6-10(11)12(13,14)15/h2-3,6-8,16H,4-5H2,1H3. The van der Waals surface area contributed by atoms with Gasteiger partial charge in [-0.15, -0.1) is 0 Å². The Hall–Kier alpha value is -1.79. The van der Waals surface area contributed by atoms with Crippen molar-refractivity contribution in [3.05, 3.63) is 33.9 Å². The van der Waals surface area contributed by atoms with Crippen molar-refractivity contribution in [3.63, 3.8) is 0 Å². The molecular weight excluding hydrogens is 261 g/mol. The molecule has 7 heteroatoms. The van der Waals surface area contributed by atoms with E-state index in [1.54, 1.807) is 0 Å². The number of nitrogens with one attached hydrogen (secondary N) is 1. The van der Waals surface area contributed by atoms with Gasteiger partial charge < -0.3 is 5.32 Å². The summed E-state index contributed by atoms with van der Waals surface area (Å²) in [7, 11) is 0. The first-order chi connectivity index (χ1) is 8.77. The number of nitro benzene ring substituents is 1. The molecule has 2 rings (SSSR count). The fourth-order valence-corrected chi connectivity index (χ4v) is 2.25. The highest BCUT2D eigenvalue weighted by molar-refractivity contribution is 5.58. The van der Waals surface area contributed by atoms with Crippen molar-refractivity contribution in [2.24, 2.45) is 5.92 Å². The number of non-ortho nitro benzene ring substituents is 1. The summed E-state index contributed by atoms with van der Waals surface area (Å²) in [6.07, 6.45) is -2.98. The van der Waals surface area contributed by atoms with E-state index in [0.29, 0.717) is 12.0 Å². The molecule has 0 heterocycles. The lowest BCUT2D eigenvalue weighted by Gasteiger charge is -2.34. The molecule has 104 valence electrons. The Morgan fingerprint density at radius 3 is 2.47 bits per heavy atom. The Labute approximate surface area is 107 Å². The maximum atomic E-state index is 12.9. The molecule has 0 amide bonds. The van der Waals surface area contributed by atoms with Gasteiger partial charge in [-0.1, -0.05) is 6.92 Å². The van der Waals surface area contributed by atoms with Gasteiger partial charge in [0.2, 0.25) is 0 Å². The third-order valence-corrected chi connectivity index (χ3v) is 3.25. The van der Waals surface area contributed by atoms with Gasteiger partial charge in [0, 0.05) is 23.9 Å². The second-order valence-corrected chi connectivity index (χ2v) is 4.90. The molecule has 0 radical (unpaired) electrons. The predicted molar refractivity (Wildman–Crippen MR) is 63.9 cm³/mol. The maximum absolute atomic E-state index is 12.9. The van der Waals surface area contributed by atoms with Crippen LogP contribution in [0, 0.1) is 16.0 Å². The fraction of sp³-hybridized carbons (Fsp3) is 0.500. The predicted octanol–water partition coefficient (Wildman–Crippen LogP) is 3.82. The summed E-state index contributed by atoms with van der Waals surface area (Å²) in [6, 6.07) is 2.80. The van der Waals surface area contributed by atoms with Crippen LogP contribution in [-0.4, -0.2) is 11.0 Å². The largest absolute Gasteiger partial charge is 0.418 e. The van der Waals surface area contributed by atoms with Gasteiger partial charge in [-0.3, -0.25) is 10.1 Å². The van der Waals surface area contributed by atoms with E-state index >= 15 is 0 Å². The van der Waals surface area contributed by atoms with E-state index in [1.165, 1.54) is 0 Å². The van der Waals surface area contributed by atoms with Crippen LogP contribution in [0.25, 0.3) is 0 Å². The molecule has 0 aliphatic heterocycles. The minimum Gasteiger partial charge on any atom is -0.382 e. The zero-order valence-electron chi connectivity index (χ0n) is 10.2. The second kappa shape index (κ2) is 4.71. The van der Waals surface area contributed by atoms with Gasteiger partial charge in [0.1, 0.15) is 0 Å². The average molecular weight is 274 g/mol. The lowest BCUT2D eigenvalue weighted by Crippen LogP contribution is -2.34. The molecule has 0 saturated heterocycles. The van der Waals surface area contributed by atoms with E-state index in [0.717, 1.165) is 25.0 Å². The third-order valence-electron chi connectivity index (χ3n) is 3.25. The van der Waals surface area contributed by atoms with Crippen molar-refractivity contribution < 1.29 is 18.1 Å². The zero-order valence-corrected chi connectivity index (χ0v) is 10.2.